The lowest BCUT2D eigenvalue weighted by Crippen LogP contribution is -2.38. The molecule has 0 radical (unpaired) electrons. The summed E-state index contributed by atoms with van der Waals surface area (Å²) in [4.78, 5) is 2.54. The Morgan fingerprint density at radius 2 is 1.31 bits per heavy atom. The van der Waals surface area contributed by atoms with Gasteiger partial charge in [0.15, 0.2) is 23.0 Å². The summed E-state index contributed by atoms with van der Waals surface area (Å²) < 4.78 is 28.2. The van der Waals surface area contributed by atoms with E-state index in [1.807, 2.05) is 0 Å². The van der Waals surface area contributed by atoms with Crippen LogP contribution >= 0.6 is 23.5 Å². The Bertz CT molecular complexity index is 1060. The molecule has 39 heavy (non-hydrogen) atoms. The third-order valence-electron chi connectivity index (χ3n) is 8.24. The lowest BCUT2D eigenvalue weighted by atomic mass is 9.78. The van der Waals surface area contributed by atoms with E-state index in [0.717, 1.165) is 48.9 Å². The van der Waals surface area contributed by atoms with Gasteiger partial charge >= 0.3 is 0 Å². The zero-order chi connectivity index (χ0) is 27.9. The second kappa shape index (κ2) is 13.6. The Morgan fingerprint density at radius 3 is 1.87 bits per heavy atom. The van der Waals surface area contributed by atoms with Crippen LogP contribution in [-0.2, 0) is 9.49 Å². The van der Waals surface area contributed by atoms with Crippen LogP contribution in [0.4, 0.5) is 0 Å². The van der Waals surface area contributed by atoms with Gasteiger partial charge in [-0.2, -0.15) is 0 Å². The maximum Gasteiger partial charge on any atom is 0.203 e. The number of hydrogen-bond acceptors (Lipinski definition) is 8. The van der Waals surface area contributed by atoms with E-state index in [9.17, 15) is 0 Å². The summed E-state index contributed by atoms with van der Waals surface area (Å²) >= 11 is 4.14. The highest BCUT2D eigenvalue weighted by Crippen LogP contribution is 2.56. The van der Waals surface area contributed by atoms with Crippen LogP contribution in [0, 0.1) is 0 Å². The van der Waals surface area contributed by atoms with Crippen molar-refractivity contribution in [3.05, 3.63) is 41.5 Å². The van der Waals surface area contributed by atoms with Gasteiger partial charge in [0.1, 0.15) is 0 Å². The molecule has 1 aliphatic carbocycles. The van der Waals surface area contributed by atoms with Crippen molar-refractivity contribution in [3.63, 3.8) is 0 Å². The first-order valence-electron chi connectivity index (χ1n) is 13.9. The van der Waals surface area contributed by atoms with E-state index in [0.29, 0.717) is 5.75 Å². The smallest absolute Gasteiger partial charge is 0.203 e. The minimum Gasteiger partial charge on any atom is -0.493 e. The molecule has 4 rings (SSSR count). The summed E-state index contributed by atoms with van der Waals surface area (Å²) in [6, 6.07) is 10.8. The lowest BCUT2D eigenvalue weighted by Gasteiger charge is -2.38. The van der Waals surface area contributed by atoms with Crippen molar-refractivity contribution in [2.45, 2.75) is 54.4 Å². The molecular weight excluding hydrogens is 530 g/mol. The van der Waals surface area contributed by atoms with E-state index in [1.54, 1.807) is 35.5 Å². The van der Waals surface area contributed by atoms with E-state index in [-0.39, 0.29) is 9.49 Å². The number of nitrogens with zero attached hydrogens (tertiary/aromatic N) is 1. The fourth-order valence-corrected chi connectivity index (χ4v) is 9.66. The Balaban J connectivity index is 1.49. The third kappa shape index (κ3) is 6.54. The Morgan fingerprint density at radius 1 is 0.718 bits per heavy atom. The SMILES string of the molecule is COc1ccc(C2(CN(C)CCCC3(c4cc(OC)c(OC)c(OC)c4)SCCCS3)CCCC2)cc1OC. The fourth-order valence-electron chi connectivity index (χ4n) is 6.26. The summed E-state index contributed by atoms with van der Waals surface area (Å²) in [6.07, 6.45) is 8.44. The average Bonchev–Trinajstić information content (AvgIpc) is 3.45. The van der Waals surface area contributed by atoms with Crippen LogP contribution in [0.25, 0.3) is 0 Å². The van der Waals surface area contributed by atoms with Gasteiger partial charge in [0.2, 0.25) is 5.75 Å². The molecule has 1 aliphatic heterocycles. The second-order valence-corrected chi connectivity index (χ2v) is 13.7. The van der Waals surface area contributed by atoms with Crippen LogP contribution in [0.2, 0.25) is 0 Å². The molecule has 216 valence electrons. The summed E-state index contributed by atoms with van der Waals surface area (Å²) in [7, 11) is 10.8. The van der Waals surface area contributed by atoms with Gasteiger partial charge in [-0.1, -0.05) is 18.9 Å². The number of ether oxygens (including phenoxy) is 5. The molecule has 6 nitrogen and oxygen atoms in total. The van der Waals surface area contributed by atoms with Crippen molar-refractivity contribution < 1.29 is 23.7 Å². The van der Waals surface area contributed by atoms with Gasteiger partial charge in [0, 0.05) is 12.0 Å². The molecule has 0 spiro atoms. The Kier molecular flexibility index (Phi) is 10.5. The highest BCUT2D eigenvalue weighted by atomic mass is 32.2. The van der Waals surface area contributed by atoms with Crippen LogP contribution < -0.4 is 23.7 Å². The summed E-state index contributed by atoms with van der Waals surface area (Å²) in [5, 5.41) is 0. The van der Waals surface area contributed by atoms with E-state index < -0.39 is 0 Å². The zero-order valence-corrected chi connectivity index (χ0v) is 26.1. The predicted molar refractivity (Wildman–Crippen MR) is 164 cm³/mol. The number of thioether (sulfide) groups is 2. The molecule has 1 heterocycles. The van der Waals surface area contributed by atoms with Gasteiger partial charge in [0.05, 0.1) is 39.6 Å². The minimum atomic E-state index is -0.0136. The average molecular weight is 576 g/mol. The number of methoxy groups -OCH3 is 5. The van der Waals surface area contributed by atoms with Crippen molar-refractivity contribution in [1.82, 2.24) is 4.90 Å². The Hall–Kier alpha value is -1.90. The van der Waals surface area contributed by atoms with Gasteiger partial charge < -0.3 is 28.6 Å². The van der Waals surface area contributed by atoms with E-state index in [1.165, 1.54) is 54.7 Å². The zero-order valence-electron chi connectivity index (χ0n) is 24.5. The monoisotopic (exact) mass is 575 g/mol. The molecule has 2 aromatic carbocycles. The number of likely N-dealkylation sites (N-methyl/N-ethyl adjacent to an activating group) is 1. The highest BCUT2D eigenvalue weighted by Gasteiger charge is 2.39. The summed E-state index contributed by atoms with van der Waals surface area (Å²) in [5.74, 6) is 6.07. The predicted octanol–water partition coefficient (Wildman–Crippen LogP) is 6.98. The largest absolute Gasteiger partial charge is 0.493 e. The number of hydrogen-bond donors (Lipinski definition) is 0. The second-order valence-electron chi connectivity index (χ2n) is 10.6. The molecule has 0 amide bonds. The number of benzene rings is 2. The van der Waals surface area contributed by atoms with Crippen LogP contribution in [0.1, 0.15) is 56.1 Å². The molecule has 8 heteroatoms. The van der Waals surface area contributed by atoms with Gasteiger partial charge in [-0.25, -0.2) is 0 Å². The molecule has 0 bridgehead atoms. The van der Waals surface area contributed by atoms with E-state index in [2.05, 4.69) is 65.8 Å². The molecule has 0 atom stereocenters. The molecule has 0 N–H and O–H groups in total. The number of rotatable bonds is 13. The molecule has 0 unspecified atom stereocenters. The highest BCUT2D eigenvalue weighted by molar-refractivity contribution is 8.18. The van der Waals surface area contributed by atoms with Crippen LogP contribution in [0.15, 0.2) is 30.3 Å². The quantitative estimate of drug-likeness (QED) is 0.254. The van der Waals surface area contributed by atoms with Gasteiger partial charge in [-0.15, -0.1) is 23.5 Å². The van der Waals surface area contributed by atoms with Crippen molar-refractivity contribution in [3.8, 4) is 28.7 Å². The summed E-state index contributed by atoms with van der Waals surface area (Å²) in [6.45, 7) is 2.11. The molecule has 2 aliphatic rings. The first kappa shape index (κ1) is 30.1. The molecule has 2 aromatic rings. The maximum atomic E-state index is 5.71. The normalized spacial score (nSPS) is 18.1. The van der Waals surface area contributed by atoms with Crippen LogP contribution in [0.5, 0.6) is 28.7 Å². The third-order valence-corrected chi connectivity index (χ3v) is 11.7. The summed E-state index contributed by atoms with van der Waals surface area (Å²) in [5.41, 5.74) is 2.79. The maximum absolute atomic E-state index is 5.71. The molecule has 1 saturated heterocycles. The lowest BCUT2D eigenvalue weighted by molar-refractivity contribution is 0.239. The van der Waals surface area contributed by atoms with Crippen LogP contribution in [0.3, 0.4) is 0 Å². The van der Waals surface area contributed by atoms with Crippen molar-refractivity contribution >= 4 is 23.5 Å². The van der Waals surface area contributed by atoms with E-state index in [4.69, 9.17) is 23.7 Å². The van der Waals surface area contributed by atoms with Gasteiger partial charge in [0.25, 0.3) is 0 Å². The van der Waals surface area contributed by atoms with Crippen molar-refractivity contribution in [2.24, 2.45) is 0 Å². The van der Waals surface area contributed by atoms with E-state index >= 15 is 0 Å². The molecule has 1 saturated carbocycles. The molecule has 0 aromatic heterocycles. The van der Waals surface area contributed by atoms with Crippen molar-refractivity contribution in [2.75, 3.05) is 67.2 Å². The fraction of sp³-hybridized carbons (Fsp3) is 0.613. The minimum absolute atomic E-state index is 0.0136. The Labute approximate surface area is 243 Å². The van der Waals surface area contributed by atoms with Crippen LogP contribution in [-0.4, -0.2) is 72.1 Å². The first-order chi connectivity index (χ1) is 18.9. The molecule has 2 fully saturated rings. The standard InChI is InChI=1S/C31H45NO5S2/c1-32(22-30(13-7-8-14-30)23-11-12-25(33-2)26(19-23)34-3)16-9-15-31(38-17-10-18-39-31)24-20-27(35-4)29(37-6)28(21-24)36-5/h11-12,19-21H,7-10,13-18,22H2,1-6H3. The topological polar surface area (TPSA) is 49.4 Å². The van der Waals surface area contributed by atoms with Crippen molar-refractivity contribution in [1.29, 1.82) is 0 Å². The first-order valence-corrected chi connectivity index (χ1v) is 15.9. The van der Waals surface area contributed by atoms with Gasteiger partial charge in [-0.05, 0) is 92.6 Å². The van der Waals surface area contributed by atoms with Gasteiger partial charge in [-0.3, -0.25) is 0 Å². The molecular formula is C31H45NO5S2.